The van der Waals surface area contributed by atoms with Crippen molar-refractivity contribution in [3.8, 4) is 0 Å². The SMILES string of the molecule is CN1C(=O)C(=Cc2ccc(Sc3ccccc3)o2)C(=O)NC1=S. The highest BCUT2D eigenvalue weighted by molar-refractivity contribution is 7.99. The Bertz CT molecular complexity index is 812. The second-order valence-corrected chi connectivity index (χ2v) is 6.22. The largest absolute Gasteiger partial charge is 0.450 e. The number of carbonyl (C=O) groups is 2. The van der Waals surface area contributed by atoms with Crippen LogP contribution in [0.4, 0.5) is 0 Å². The number of furan rings is 1. The van der Waals surface area contributed by atoms with E-state index in [1.807, 2.05) is 30.3 Å². The molecular weight excluding hydrogens is 332 g/mol. The average Bonchev–Trinajstić information content (AvgIpc) is 2.98. The first-order chi connectivity index (χ1) is 11.0. The van der Waals surface area contributed by atoms with Gasteiger partial charge in [0.25, 0.3) is 11.8 Å². The highest BCUT2D eigenvalue weighted by Gasteiger charge is 2.31. The first-order valence-corrected chi connectivity index (χ1v) is 7.95. The zero-order chi connectivity index (χ0) is 16.4. The molecule has 0 spiro atoms. The Balaban J connectivity index is 1.82. The number of rotatable bonds is 3. The molecule has 7 heteroatoms. The summed E-state index contributed by atoms with van der Waals surface area (Å²) in [6.07, 6.45) is 1.42. The van der Waals surface area contributed by atoms with Crippen molar-refractivity contribution < 1.29 is 14.0 Å². The molecule has 116 valence electrons. The van der Waals surface area contributed by atoms with Gasteiger partial charge in [-0.15, -0.1) is 0 Å². The van der Waals surface area contributed by atoms with Gasteiger partial charge in [-0.1, -0.05) is 30.0 Å². The van der Waals surface area contributed by atoms with Crippen LogP contribution in [-0.4, -0.2) is 28.9 Å². The van der Waals surface area contributed by atoms with Gasteiger partial charge in [0, 0.05) is 11.9 Å². The standard InChI is InChI=1S/C16H12N2O3S2/c1-18-15(20)12(14(19)17-16(18)22)9-10-7-8-13(21-10)23-11-5-3-2-4-6-11/h2-9H,1H3,(H,17,19,22). The van der Waals surface area contributed by atoms with Gasteiger partial charge in [-0.3, -0.25) is 19.8 Å². The minimum Gasteiger partial charge on any atom is -0.450 e. The fourth-order valence-electron chi connectivity index (χ4n) is 1.96. The van der Waals surface area contributed by atoms with E-state index in [0.717, 1.165) is 4.90 Å². The first kappa shape index (κ1) is 15.5. The number of nitrogens with one attached hydrogen (secondary N) is 1. The van der Waals surface area contributed by atoms with Crippen LogP contribution in [0, 0.1) is 0 Å². The fourth-order valence-corrected chi connectivity index (χ4v) is 2.93. The van der Waals surface area contributed by atoms with Gasteiger partial charge in [0.2, 0.25) is 0 Å². The van der Waals surface area contributed by atoms with Gasteiger partial charge in [0.15, 0.2) is 10.2 Å². The quantitative estimate of drug-likeness (QED) is 0.527. The van der Waals surface area contributed by atoms with Crippen LogP contribution in [0.1, 0.15) is 5.76 Å². The molecule has 1 aliphatic heterocycles. The van der Waals surface area contributed by atoms with Crippen LogP contribution in [0.2, 0.25) is 0 Å². The summed E-state index contributed by atoms with van der Waals surface area (Å²) < 4.78 is 5.65. The fraction of sp³-hybridized carbons (Fsp3) is 0.0625. The lowest BCUT2D eigenvalue weighted by Gasteiger charge is -2.24. The number of hydrogen-bond acceptors (Lipinski definition) is 5. The summed E-state index contributed by atoms with van der Waals surface area (Å²) >= 11 is 6.36. The molecule has 3 rings (SSSR count). The second kappa shape index (κ2) is 6.39. The molecular formula is C16H12N2O3S2. The molecule has 2 amide bonds. The molecule has 1 aromatic carbocycles. The highest BCUT2D eigenvalue weighted by atomic mass is 32.2. The van der Waals surface area contributed by atoms with Crippen LogP contribution in [0.5, 0.6) is 0 Å². The first-order valence-electron chi connectivity index (χ1n) is 6.72. The van der Waals surface area contributed by atoms with Crippen molar-refractivity contribution >= 4 is 47.0 Å². The third-order valence-electron chi connectivity index (χ3n) is 3.16. The molecule has 2 heterocycles. The van der Waals surface area contributed by atoms with Gasteiger partial charge in [-0.25, -0.2) is 0 Å². The maximum Gasteiger partial charge on any atom is 0.265 e. The van der Waals surface area contributed by atoms with E-state index in [4.69, 9.17) is 16.6 Å². The monoisotopic (exact) mass is 344 g/mol. The third-order valence-corrected chi connectivity index (χ3v) is 4.46. The molecule has 1 saturated heterocycles. The lowest BCUT2D eigenvalue weighted by molar-refractivity contribution is -0.128. The van der Waals surface area contributed by atoms with E-state index in [-0.39, 0.29) is 10.7 Å². The third kappa shape index (κ3) is 3.35. The Morgan fingerprint density at radius 3 is 2.65 bits per heavy atom. The van der Waals surface area contributed by atoms with Crippen molar-refractivity contribution in [2.45, 2.75) is 9.99 Å². The average molecular weight is 344 g/mol. The Morgan fingerprint density at radius 1 is 1.17 bits per heavy atom. The molecule has 5 nitrogen and oxygen atoms in total. The van der Waals surface area contributed by atoms with Crippen LogP contribution in [-0.2, 0) is 9.59 Å². The molecule has 0 saturated carbocycles. The normalized spacial score (nSPS) is 16.8. The second-order valence-electron chi connectivity index (χ2n) is 4.75. The minimum absolute atomic E-state index is 0.00767. The molecule has 0 aliphatic carbocycles. The minimum atomic E-state index is -0.522. The van der Waals surface area contributed by atoms with E-state index in [1.54, 1.807) is 12.1 Å². The zero-order valence-corrected chi connectivity index (χ0v) is 13.7. The summed E-state index contributed by atoms with van der Waals surface area (Å²) in [5.74, 6) is -0.540. The van der Waals surface area contributed by atoms with Crippen LogP contribution in [0.3, 0.4) is 0 Å². The lowest BCUT2D eigenvalue weighted by Crippen LogP contribution is -2.52. The van der Waals surface area contributed by atoms with E-state index >= 15 is 0 Å². The summed E-state index contributed by atoms with van der Waals surface area (Å²) in [4.78, 5) is 26.3. The molecule has 0 radical (unpaired) electrons. The van der Waals surface area contributed by atoms with Crippen molar-refractivity contribution in [3.63, 3.8) is 0 Å². The molecule has 1 aliphatic rings. The lowest BCUT2D eigenvalue weighted by atomic mass is 10.1. The molecule has 0 atom stereocenters. The van der Waals surface area contributed by atoms with Gasteiger partial charge in [0.1, 0.15) is 11.3 Å². The number of benzene rings is 1. The molecule has 0 unspecified atom stereocenters. The Morgan fingerprint density at radius 2 is 1.91 bits per heavy atom. The maximum atomic E-state index is 12.1. The van der Waals surface area contributed by atoms with Crippen LogP contribution in [0.25, 0.3) is 6.08 Å². The highest BCUT2D eigenvalue weighted by Crippen LogP contribution is 2.29. The number of amides is 2. The Labute approximate surface area is 142 Å². The Kier molecular flexibility index (Phi) is 4.31. The molecule has 1 fully saturated rings. The van der Waals surface area contributed by atoms with E-state index in [0.29, 0.717) is 10.9 Å². The predicted molar refractivity (Wildman–Crippen MR) is 90.8 cm³/mol. The van der Waals surface area contributed by atoms with E-state index in [1.165, 1.54) is 29.8 Å². The maximum absolute atomic E-state index is 12.1. The van der Waals surface area contributed by atoms with Crippen molar-refractivity contribution in [3.05, 3.63) is 53.8 Å². The predicted octanol–water partition coefficient (Wildman–Crippen LogP) is 2.69. The number of likely N-dealkylation sites (N-methyl/N-ethyl adjacent to an activating group) is 1. The van der Waals surface area contributed by atoms with Gasteiger partial charge < -0.3 is 4.42 Å². The van der Waals surface area contributed by atoms with E-state index < -0.39 is 11.8 Å². The topological polar surface area (TPSA) is 62.6 Å². The number of hydrogen-bond donors (Lipinski definition) is 1. The Hall–Kier alpha value is -2.38. The van der Waals surface area contributed by atoms with Crippen LogP contribution >= 0.6 is 24.0 Å². The molecule has 2 aromatic rings. The molecule has 0 bridgehead atoms. The van der Waals surface area contributed by atoms with Gasteiger partial charge in [-0.05, 0) is 42.6 Å². The molecule has 23 heavy (non-hydrogen) atoms. The summed E-state index contributed by atoms with van der Waals surface area (Å²) in [5.41, 5.74) is -0.00767. The van der Waals surface area contributed by atoms with Crippen LogP contribution in [0.15, 0.2) is 62.4 Å². The van der Waals surface area contributed by atoms with Gasteiger partial charge in [-0.2, -0.15) is 0 Å². The summed E-state index contributed by atoms with van der Waals surface area (Å²) in [5, 5.41) is 3.23. The summed E-state index contributed by atoms with van der Waals surface area (Å²) in [7, 11) is 1.51. The smallest absolute Gasteiger partial charge is 0.265 e. The van der Waals surface area contributed by atoms with Gasteiger partial charge in [0.05, 0.1) is 0 Å². The number of carbonyl (C=O) groups excluding carboxylic acids is 2. The van der Waals surface area contributed by atoms with Crippen molar-refractivity contribution in [1.82, 2.24) is 10.2 Å². The summed E-state index contributed by atoms with van der Waals surface area (Å²) in [6, 6.07) is 13.3. The number of thiocarbonyl (C=S) groups is 1. The van der Waals surface area contributed by atoms with Gasteiger partial charge >= 0.3 is 0 Å². The zero-order valence-electron chi connectivity index (χ0n) is 12.1. The molecule has 1 aromatic heterocycles. The van der Waals surface area contributed by atoms with E-state index in [9.17, 15) is 9.59 Å². The van der Waals surface area contributed by atoms with Crippen molar-refractivity contribution in [2.24, 2.45) is 0 Å². The van der Waals surface area contributed by atoms with Crippen molar-refractivity contribution in [2.75, 3.05) is 7.05 Å². The molecule has 1 N–H and O–H groups in total. The van der Waals surface area contributed by atoms with Crippen molar-refractivity contribution in [1.29, 1.82) is 0 Å². The summed E-state index contributed by atoms with van der Waals surface area (Å²) in [6.45, 7) is 0. The number of nitrogens with zero attached hydrogens (tertiary/aromatic N) is 1. The van der Waals surface area contributed by atoms with Crippen LogP contribution < -0.4 is 5.32 Å². The van der Waals surface area contributed by atoms with E-state index in [2.05, 4.69) is 5.32 Å².